The highest BCUT2D eigenvalue weighted by atomic mass is 16.5. The van der Waals surface area contributed by atoms with Crippen LogP contribution in [-0.2, 0) is 4.74 Å². The maximum absolute atomic E-state index is 6.45. The van der Waals surface area contributed by atoms with Crippen LogP contribution in [0, 0.1) is 0 Å². The molecule has 1 aliphatic heterocycles. The molecule has 1 fully saturated rings. The molecule has 1 saturated carbocycles. The second-order valence-electron chi connectivity index (χ2n) is 7.48. The van der Waals surface area contributed by atoms with Crippen LogP contribution in [0.3, 0.4) is 0 Å². The first-order valence-electron chi connectivity index (χ1n) is 10.0. The van der Waals surface area contributed by atoms with Gasteiger partial charge in [-0.3, -0.25) is 4.99 Å². The number of para-hydroxylation sites is 1. The van der Waals surface area contributed by atoms with Crippen LogP contribution in [0.25, 0.3) is 0 Å². The standard InChI is InChI=1S/C21H33N3O2/c1-22-20(23-14-8-3-9-15-25-2)24-18-16-21(12-6-7-13-21)26-19-11-5-4-10-17(18)19/h4-5,10-11,18H,3,6-9,12-16H2,1-2H3,(H2,22,23,24). The van der Waals surface area contributed by atoms with Crippen molar-refractivity contribution in [3.8, 4) is 5.75 Å². The van der Waals surface area contributed by atoms with Gasteiger partial charge in [-0.2, -0.15) is 0 Å². The number of methoxy groups -OCH3 is 1. The number of benzene rings is 1. The van der Waals surface area contributed by atoms with Crippen LogP contribution in [0.15, 0.2) is 29.3 Å². The van der Waals surface area contributed by atoms with Crippen molar-refractivity contribution in [2.24, 2.45) is 4.99 Å². The Bertz CT molecular complexity index is 597. The average Bonchev–Trinajstić information content (AvgIpc) is 3.10. The molecule has 5 heteroatoms. The first-order chi connectivity index (χ1) is 12.8. The zero-order chi connectivity index (χ0) is 18.2. The van der Waals surface area contributed by atoms with E-state index in [4.69, 9.17) is 9.47 Å². The smallest absolute Gasteiger partial charge is 0.191 e. The van der Waals surface area contributed by atoms with Gasteiger partial charge in [0.25, 0.3) is 0 Å². The Morgan fingerprint density at radius 2 is 2.04 bits per heavy atom. The number of rotatable bonds is 7. The topological polar surface area (TPSA) is 54.9 Å². The Morgan fingerprint density at radius 1 is 1.23 bits per heavy atom. The highest BCUT2D eigenvalue weighted by Gasteiger charge is 2.43. The van der Waals surface area contributed by atoms with Crippen molar-refractivity contribution >= 4 is 5.96 Å². The minimum Gasteiger partial charge on any atom is -0.487 e. The number of nitrogens with one attached hydrogen (secondary N) is 2. The lowest BCUT2D eigenvalue weighted by molar-refractivity contribution is 0.0396. The molecule has 1 aliphatic carbocycles. The molecule has 0 amide bonds. The number of nitrogens with zero attached hydrogens (tertiary/aromatic N) is 1. The van der Waals surface area contributed by atoms with Crippen LogP contribution in [-0.4, -0.2) is 38.9 Å². The van der Waals surface area contributed by atoms with E-state index in [0.717, 1.165) is 57.0 Å². The van der Waals surface area contributed by atoms with E-state index < -0.39 is 0 Å². The van der Waals surface area contributed by atoms with Gasteiger partial charge in [-0.05, 0) is 51.0 Å². The minimum atomic E-state index is 0.00498. The molecule has 144 valence electrons. The molecule has 1 aromatic carbocycles. The van der Waals surface area contributed by atoms with Crippen LogP contribution in [0.2, 0.25) is 0 Å². The molecular formula is C21H33N3O2. The van der Waals surface area contributed by atoms with Gasteiger partial charge in [0.2, 0.25) is 0 Å². The lowest BCUT2D eigenvalue weighted by Gasteiger charge is -2.40. The van der Waals surface area contributed by atoms with E-state index in [1.165, 1.54) is 24.8 Å². The van der Waals surface area contributed by atoms with Gasteiger partial charge in [-0.25, -0.2) is 0 Å². The van der Waals surface area contributed by atoms with Crippen LogP contribution in [0.4, 0.5) is 0 Å². The number of aliphatic imine (C=N–C) groups is 1. The highest BCUT2D eigenvalue weighted by Crippen LogP contribution is 2.46. The summed E-state index contributed by atoms with van der Waals surface area (Å²) in [6.07, 6.45) is 9.26. The van der Waals surface area contributed by atoms with Crippen LogP contribution in [0.1, 0.15) is 63.0 Å². The summed E-state index contributed by atoms with van der Waals surface area (Å²) in [5.74, 6) is 1.92. The van der Waals surface area contributed by atoms with E-state index in [1.54, 1.807) is 7.11 Å². The molecule has 1 atom stereocenters. The fourth-order valence-electron chi connectivity index (χ4n) is 4.19. The predicted octanol–water partition coefficient (Wildman–Crippen LogP) is 3.80. The van der Waals surface area contributed by atoms with Gasteiger partial charge in [0.15, 0.2) is 5.96 Å². The largest absolute Gasteiger partial charge is 0.487 e. The van der Waals surface area contributed by atoms with Gasteiger partial charge in [-0.15, -0.1) is 0 Å². The average molecular weight is 360 g/mol. The molecular weight excluding hydrogens is 326 g/mol. The van der Waals surface area contributed by atoms with Crippen molar-refractivity contribution in [1.82, 2.24) is 10.6 Å². The van der Waals surface area contributed by atoms with Gasteiger partial charge in [0.05, 0.1) is 6.04 Å². The first-order valence-corrected chi connectivity index (χ1v) is 10.0. The number of hydrogen-bond donors (Lipinski definition) is 2. The molecule has 1 spiro atoms. The SMILES string of the molecule is CN=C(NCCCCCOC)NC1CC2(CCCC2)Oc2ccccc21. The third kappa shape index (κ3) is 4.70. The second kappa shape index (κ2) is 9.26. The second-order valence-corrected chi connectivity index (χ2v) is 7.48. The summed E-state index contributed by atoms with van der Waals surface area (Å²) in [5.41, 5.74) is 1.25. The number of guanidine groups is 1. The van der Waals surface area contributed by atoms with Crippen molar-refractivity contribution < 1.29 is 9.47 Å². The number of hydrogen-bond acceptors (Lipinski definition) is 3. The highest BCUT2D eigenvalue weighted by molar-refractivity contribution is 5.80. The summed E-state index contributed by atoms with van der Waals surface area (Å²) in [5, 5.41) is 7.11. The van der Waals surface area contributed by atoms with Crippen molar-refractivity contribution in [3.05, 3.63) is 29.8 Å². The molecule has 3 rings (SSSR count). The third-order valence-corrected chi connectivity index (χ3v) is 5.56. The van der Waals surface area contributed by atoms with E-state index in [-0.39, 0.29) is 11.6 Å². The van der Waals surface area contributed by atoms with Crippen molar-refractivity contribution in [1.29, 1.82) is 0 Å². The summed E-state index contributed by atoms with van der Waals surface area (Å²) in [4.78, 5) is 4.43. The summed E-state index contributed by atoms with van der Waals surface area (Å²) in [7, 11) is 3.60. The van der Waals surface area contributed by atoms with Gasteiger partial charge >= 0.3 is 0 Å². The van der Waals surface area contributed by atoms with Crippen LogP contribution >= 0.6 is 0 Å². The van der Waals surface area contributed by atoms with Crippen molar-refractivity contribution in [2.75, 3.05) is 27.3 Å². The molecule has 2 N–H and O–H groups in total. The van der Waals surface area contributed by atoms with Crippen LogP contribution < -0.4 is 15.4 Å². The first kappa shape index (κ1) is 19.0. The Hall–Kier alpha value is -1.75. The molecule has 2 aliphatic rings. The molecule has 0 saturated heterocycles. The zero-order valence-electron chi connectivity index (χ0n) is 16.2. The maximum Gasteiger partial charge on any atom is 0.191 e. The summed E-state index contributed by atoms with van der Waals surface area (Å²) >= 11 is 0. The lowest BCUT2D eigenvalue weighted by atomic mass is 9.86. The Balaban J connectivity index is 1.59. The van der Waals surface area contributed by atoms with Gasteiger partial charge in [0.1, 0.15) is 11.4 Å². The van der Waals surface area contributed by atoms with E-state index >= 15 is 0 Å². The lowest BCUT2D eigenvalue weighted by Crippen LogP contribution is -2.46. The normalized spacial score (nSPS) is 21.3. The predicted molar refractivity (Wildman–Crippen MR) is 106 cm³/mol. The summed E-state index contributed by atoms with van der Waals surface area (Å²) in [6, 6.07) is 8.69. The van der Waals surface area contributed by atoms with E-state index in [0.29, 0.717) is 0 Å². The summed E-state index contributed by atoms with van der Waals surface area (Å²) in [6.45, 7) is 1.77. The van der Waals surface area contributed by atoms with Crippen LogP contribution in [0.5, 0.6) is 5.75 Å². The molecule has 26 heavy (non-hydrogen) atoms. The quantitative estimate of drug-likeness (QED) is 0.442. The Labute approximate surface area is 157 Å². The molecule has 0 radical (unpaired) electrons. The Morgan fingerprint density at radius 3 is 2.81 bits per heavy atom. The molecule has 1 heterocycles. The fraction of sp³-hybridized carbons (Fsp3) is 0.667. The monoisotopic (exact) mass is 359 g/mol. The zero-order valence-corrected chi connectivity index (χ0v) is 16.2. The van der Waals surface area contributed by atoms with E-state index in [2.05, 4.69) is 39.9 Å². The van der Waals surface area contributed by atoms with Gasteiger partial charge in [0, 0.05) is 39.3 Å². The molecule has 1 unspecified atom stereocenters. The van der Waals surface area contributed by atoms with Crippen molar-refractivity contribution in [2.45, 2.75) is 63.0 Å². The van der Waals surface area contributed by atoms with E-state index in [1.807, 2.05) is 7.05 Å². The number of fused-ring (bicyclic) bond motifs is 1. The molecule has 5 nitrogen and oxygen atoms in total. The third-order valence-electron chi connectivity index (χ3n) is 5.56. The van der Waals surface area contributed by atoms with E-state index in [9.17, 15) is 0 Å². The maximum atomic E-state index is 6.45. The van der Waals surface area contributed by atoms with Crippen molar-refractivity contribution in [3.63, 3.8) is 0 Å². The molecule has 0 bridgehead atoms. The number of unbranched alkanes of at least 4 members (excludes halogenated alkanes) is 2. The molecule has 1 aromatic rings. The molecule has 0 aromatic heterocycles. The van der Waals surface area contributed by atoms with Gasteiger partial charge < -0.3 is 20.1 Å². The summed E-state index contributed by atoms with van der Waals surface area (Å²) < 4.78 is 11.6. The van der Waals surface area contributed by atoms with Gasteiger partial charge in [-0.1, -0.05) is 18.2 Å². The fourth-order valence-corrected chi connectivity index (χ4v) is 4.19. The minimum absolute atomic E-state index is 0.00498. The Kier molecular flexibility index (Phi) is 6.78. The number of ether oxygens (including phenoxy) is 2.